The van der Waals surface area contributed by atoms with E-state index in [1.807, 2.05) is 59.5 Å². The Bertz CT molecular complexity index is 1180. The summed E-state index contributed by atoms with van der Waals surface area (Å²) in [5.41, 5.74) is 1.93. The van der Waals surface area contributed by atoms with E-state index in [9.17, 15) is 14.3 Å². The van der Waals surface area contributed by atoms with Crippen molar-refractivity contribution in [1.82, 2.24) is 9.80 Å². The molecule has 1 N–H and O–H groups in total. The highest BCUT2D eigenvalue weighted by atomic mass is 19.1. The molecule has 182 valence electrons. The zero-order valence-electron chi connectivity index (χ0n) is 20.0. The molecule has 5 heteroatoms. The van der Waals surface area contributed by atoms with Crippen molar-refractivity contribution in [2.24, 2.45) is 11.8 Å². The lowest BCUT2D eigenvalue weighted by molar-refractivity contribution is 0.0773. The number of aliphatic hydroxyl groups is 1. The van der Waals surface area contributed by atoms with Gasteiger partial charge in [0, 0.05) is 31.1 Å². The summed E-state index contributed by atoms with van der Waals surface area (Å²) in [6.45, 7) is 7.76. The second-order valence-corrected chi connectivity index (χ2v) is 10.0. The van der Waals surface area contributed by atoms with E-state index in [-0.39, 0.29) is 23.6 Å². The maximum atomic E-state index is 13.6. The number of rotatable bonds is 6. The quantitative estimate of drug-likeness (QED) is 0.508. The number of piperidine rings is 1. The molecule has 0 spiro atoms. The van der Waals surface area contributed by atoms with Gasteiger partial charge >= 0.3 is 0 Å². The lowest BCUT2D eigenvalue weighted by Gasteiger charge is -2.35. The van der Waals surface area contributed by atoms with Crippen molar-refractivity contribution in [2.45, 2.75) is 24.9 Å². The molecule has 3 atom stereocenters. The van der Waals surface area contributed by atoms with Gasteiger partial charge in [-0.15, -0.1) is 6.58 Å². The molecule has 0 saturated carbocycles. The Hall–Kier alpha value is -3.02. The SMILES string of the molecule is C=C[C@@H](O)C1CN(C(=O)c2cccc3ccccc23)C[C@H]1CN1CCC(c2ccc(F)cc2)CC1. The van der Waals surface area contributed by atoms with Gasteiger partial charge in [-0.3, -0.25) is 4.79 Å². The molecule has 3 aromatic carbocycles. The smallest absolute Gasteiger partial charge is 0.254 e. The summed E-state index contributed by atoms with van der Waals surface area (Å²) in [7, 11) is 0. The molecule has 2 aliphatic heterocycles. The Kier molecular flexibility index (Phi) is 6.98. The first-order valence-corrected chi connectivity index (χ1v) is 12.6. The number of aliphatic hydroxyl groups excluding tert-OH is 1. The number of nitrogens with zero attached hydrogens (tertiary/aromatic N) is 2. The minimum Gasteiger partial charge on any atom is -0.389 e. The van der Waals surface area contributed by atoms with E-state index in [1.165, 1.54) is 5.56 Å². The average molecular weight is 473 g/mol. The van der Waals surface area contributed by atoms with Crippen molar-refractivity contribution in [3.63, 3.8) is 0 Å². The second-order valence-electron chi connectivity index (χ2n) is 10.0. The highest BCUT2D eigenvalue weighted by molar-refractivity contribution is 6.07. The molecule has 0 aromatic heterocycles. The lowest BCUT2D eigenvalue weighted by atomic mass is 9.87. The van der Waals surface area contributed by atoms with Gasteiger partial charge in [0.05, 0.1) is 6.10 Å². The minimum atomic E-state index is -0.637. The van der Waals surface area contributed by atoms with E-state index in [0.717, 1.165) is 48.8 Å². The van der Waals surface area contributed by atoms with Crippen molar-refractivity contribution in [2.75, 3.05) is 32.7 Å². The van der Waals surface area contributed by atoms with E-state index in [4.69, 9.17) is 0 Å². The van der Waals surface area contributed by atoms with Gasteiger partial charge in [0.2, 0.25) is 0 Å². The first-order valence-electron chi connectivity index (χ1n) is 12.6. The normalized spacial score (nSPS) is 22.4. The van der Waals surface area contributed by atoms with Crippen LogP contribution in [0, 0.1) is 17.7 Å². The molecule has 0 bridgehead atoms. The fourth-order valence-electron chi connectivity index (χ4n) is 5.91. The zero-order chi connectivity index (χ0) is 24.4. The number of carbonyl (C=O) groups is 1. The lowest BCUT2D eigenvalue weighted by Crippen LogP contribution is -2.40. The highest BCUT2D eigenvalue weighted by Gasteiger charge is 2.40. The third-order valence-electron chi connectivity index (χ3n) is 7.90. The minimum absolute atomic E-state index is 0.0266. The number of benzene rings is 3. The van der Waals surface area contributed by atoms with Crippen LogP contribution in [0.2, 0.25) is 0 Å². The number of halogens is 1. The molecule has 2 saturated heterocycles. The molecule has 4 nitrogen and oxygen atoms in total. The Labute approximate surface area is 206 Å². The number of fused-ring (bicyclic) bond motifs is 1. The fraction of sp³-hybridized carbons (Fsp3) is 0.367. The molecular formula is C30H33FN2O2. The van der Waals surface area contributed by atoms with E-state index in [0.29, 0.717) is 19.0 Å². The summed E-state index contributed by atoms with van der Waals surface area (Å²) in [4.78, 5) is 17.9. The zero-order valence-corrected chi connectivity index (χ0v) is 20.0. The molecular weight excluding hydrogens is 439 g/mol. The fourth-order valence-corrected chi connectivity index (χ4v) is 5.91. The van der Waals surface area contributed by atoms with Gasteiger partial charge in [0.25, 0.3) is 5.91 Å². The molecule has 1 amide bonds. The molecule has 0 aliphatic carbocycles. The molecule has 0 radical (unpaired) electrons. The van der Waals surface area contributed by atoms with Crippen LogP contribution in [0.3, 0.4) is 0 Å². The molecule has 5 rings (SSSR count). The Morgan fingerprint density at radius 3 is 2.49 bits per heavy atom. The topological polar surface area (TPSA) is 43.8 Å². The number of hydrogen-bond donors (Lipinski definition) is 1. The van der Waals surface area contributed by atoms with Crippen LogP contribution in [0.4, 0.5) is 4.39 Å². The predicted molar refractivity (Wildman–Crippen MR) is 138 cm³/mol. The summed E-state index contributed by atoms with van der Waals surface area (Å²) in [5.74, 6) is 0.447. The summed E-state index contributed by atoms with van der Waals surface area (Å²) in [6, 6.07) is 20.7. The first-order chi connectivity index (χ1) is 17.0. The maximum absolute atomic E-state index is 13.6. The van der Waals surface area contributed by atoms with E-state index in [1.54, 1.807) is 18.2 Å². The third-order valence-corrected chi connectivity index (χ3v) is 7.90. The number of hydrogen-bond acceptors (Lipinski definition) is 3. The van der Waals surface area contributed by atoms with Gasteiger partial charge in [-0.05, 0) is 72.3 Å². The summed E-state index contributed by atoms with van der Waals surface area (Å²) in [5, 5.41) is 12.7. The van der Waals surface area contributed by atoms with Crippen LogP contribution in [0.5, 0.6) is 0 Å². The van der Waals surface area contributed by atoms with Crippen LogP contribution >= 0.6 is 0 Å². The summed E-state index contributed by atoms with van der Waals surface area (Å²) < 4.78 is 13.3. The molecule has 2 heterocycles. The van der Waals surface area contributed by atoms with Crippen molar-refractivity contribution in [3.05, 3.63) is 96.3 Å². The van der Waals surface area contributed by atoms with Crippen molar-refractivity contribution < 1.29 is 14.3 Å². The van der Waals surface area contributed by atoms with E-state index >= 15 is 0 Å². The van der Waals surface area contributed by atoms with Crippen LogP contribution < -0.4 is 0 Å². The van der Waals surface area contributed by atoms with Crippen LogP contribution in [0.1, 0.15) is 34.7 Å². The first kappa shape index (κ1) is 23.7. The molecule has 3 aromatic rings. The molecule has 1 unspecified atom stereocenters. The van der Waals surface area contributed by atoms with Gasteiger partial charge in [0.1, 0.15) is 5.82 Å². The van der Waals surface area contributed by atoms with Gasteiger partial charge in [0.15, 0.2) is 0 Å². The number of likely N-dealkylation sites (tertiary alicyclic amines) is 2. The summed E-state index contributed by atoms with van der Waals surface area (Å²) >= 11 is 0. The standard InChI is InChI=1S/C30H33FN2O2/c1-2-29(34)28-20-33(30(35)27-9-5-7-23-6-3-4-8-26(23)27)19-24(28)18-32-16-14-22(15-17-32)21-10-12-25(31)13-11-21/h2-13,22,24,28-29,34H,1,14-20H2/t24-,28?,29-/m1/s1. The average Bonchev–Trinajstić information content (AvgIpc) is 3.32. The Morgan fingerprint density at radius 1 is 1.03 bits per heavy atom. The van der Waals surface area contributed by atoms with E-state index < -0.39 is 6.10 Å². The highest BCUT2D eigenvalue weighted by Crippen LogP contribution is 2.33. The largest absolute Gasteiger partial charge is 0.389 e. The van der Waals surface area contributed by atoms with Crippen molar-refractivity contribution >= 4 is 16.7 Å². The van der Waals surface area contributed by atoms with Crippen LogP contribution in [-0.2, 0) is 0 Å². The van der Waals surface area contributed by atoms with Crippen molar-refractivity contribution in [3.8, 4) is 0 Å². The third kappa shape index (κ3) is 5.02. The second kappa shape index (κ2) is 10.3. The van der Waals surface area contributed by atoms with Crippen LogP contribution in [0.25, 0.3) is 10.8 Å². The van der Waals surface area contributed by atoms with Crippen molar-refractivity contribution in [1.29, 1.82) is 0 Å². The molecule has 35 heavy (non-hydrogen) atoms. The van der Waals surface area contributed by atoms with Gasteiger partial charge in [-0.1, -0.05) is 54.6 Å². The number of amides is 1. The Morgan fingerprint density at radius 2 is 1.74 bits per heavy atom. The summed E-state index contributed by atoms with van der Waals surface area (Å²) in [6.07, 6.45) is 3.03. The van der Waals surface area contributed by atoms with Crippen LogP contribution in [0.15, 0.2) is 79.4 Å². The van der Waals surface area contributed by atoms with Crippen LogP contribution in [-0.4, -0.2) is 59.6 Å². The van der Waals surface area contributed by atoms with Gasteiger partial charge < -0.3 is 14.9 Å². The van der Waals surface area contributed by atoms with Gasteiger partial charge in [-0.25, -0.2) is 4.39 Å². The number of carbonyl (C=O) groups excluding carboxylic acids is 1. The maximum Gasteiger partial charge on any atom is 0.254 e. The Balaban J connectivity index is 1.27. The van der Waals surface area contributed by atoms with Gasteiger partial charge in [-0.2, -0.15) is 0 Å². The van der Waals surface area contributed by atoms with E-state index in [2.05, 4.69) is 11.5 Å². The molecule has 2 aliphatic rings. The monoisotopic (exact) mass is 472 g/mol. The predicted octanol–water partition coefficient (Wildman–Crippen LogP) is 5.09. The molecule has 2 fully saturated rings.